The molecule has 0 aromatic heterocycles. The number of benzene rings is 1. The molecule has 0 aliphatic rings. The van der Waals surface area contributed by atoms with Crippen LogP contribution in [0.1, 0.15) is 5.56 Å². The summed E-state index contributed by atoms with van der Waals surface area (Å²) in [6.07, 6.45) is 0. The van der Waals surface area contributed by atoms with Crippen LogP contribution in [-0.4, -0.2) is 8.42 Å². The smallest absolute Gasteiger partial charge is 0.211 e. The fraction of sp³-hybridized carbons (Fsp3) is 0.143. The van der Waals surface area contributed by atoms with Crippen LogP contribution in [-0.2, 0) is 15.8 Å². The summed E-state index contributed by atoms with van der Waals surface area (Å²) in [5.74, 6) is -0.260. The average molecular weight is 205 g/mol. The van der Waals surface area contributed by atoms with Gasteiger partial charge in [0, 0.05) is 5.02 Å². The standard InChI is InChI=1S/C7H7ClNO2S/c8-7-3-1-6(2-4-7)5-12(9,10)11/h1-4,9H,5H2. The highest BCUT2D eigenvalue weighted by molar-refractivity contribution is 7.88. The molecular formula is C7H7ClNO2S. The van der Waals surface area contributed by atoms with Crippen molar-refractivity contribution in [1.82, 2.24) is 5.14 Å². The van der Waals surface area contributed by atoms with Gasteiger partial charge in [-0.1, -0.05) is 23.7 Å². The molecule has 1 radical (unpaired) electrons. The van der Waals surface area contributed by atoms with Crippen molar-refractivity contribution < 1.29 is 8.42 Å². The van der Waals surface area contributed by atoms with Gasteiger partial charge in [0.15, 0.2) is 0 Å². The van der Waals surface area contributed by atoms with E-state index in [4.69, 9.17) is 16.7 Å². The summed E-state index contributed by atoms with van der Waals surface area (Å²) in [7, 11) is -3.68. The van der Waals surface area contributed by atoms with Crippen LogP contribution >= 0.6 is 11.6 Å². The Kier molecular flexibility index (Phi) is 2.72. The van der Waals surface area contributed by atoms with E-state index in [-0.39, 0.29) is 5.75 Å². The van der Waals surface area contributed by atoms with Crippen molar-refractivity contribution in [2.24, 2.45) is 0 Å². The summed E-state index contributed by atoms with van der Waals surface area (Å²) < 4.78 is 21.0. The van der Waals surface area contributed by atoms with Gasteiger partial charge in [-0.25, -0.2) is 8.42 Å². The predicted molar refractivity (Wildman–Crippen MR) is 47.2 cm³/mol. The van der Waals surface area contributed by atoms with E-state index in [2.05, 4.69) is 0 Å². The molecule has 0 aliphatic heterocycles. The summed E-state index contributed by atoms with van der Waals surface area (Å²) in [5, 5.41) is 7.22. The van der Waals surface area contributed by atoms with Gasteiger partial charge < -0.3 is 0 Å². The first-order valence-electron chi connectivity index (χ1n) is 3.19. The number of halogens is 1. The van der Waals surface area contributed by atoms with Gasteiger partial charge in [0.25, 0.3) is 0 Å². The van der Waals surface area contributed by atoms with Gasteiger partial charge in [-0.2, -0.15) is 0 Å². The Morgan fingerprint density at radius 3 is 2.17 bits per heavy atom. The number of hydrogen-bond acceptors (Lipinski definition) is 2. The molecule has 0 atom stereocenters. The second kappa shape index (κ2) is 3.43. The summed E-state index contributed by atoms with van der Waals surface area (Å²) in [4.78, 5) is 0. The fourth-order valence-corrected chi connectivity index (χ4v) is 1.56. The van der Waals surface area contributed by atoms with E-state index < -0.39 is 10.0 Å². The second-order valence-electron chi connectivity index (χ2n) is 2.39. The Bertz CT molecular complexity index is 357. The molecular weight excluding hydrogens is 198 g/mol. The molecule has 1 N–H and O–H groups in total. The Balaban J connectivity index is 2.85. The Hall–Kier alpha value is -0.580. The molecule has 0 saturated heterocycles. The lowest BCUT2D eigenvalue weighted by Crippen LogP contribution is -2.03. The van der Waals surface area contributed by atoms with Gasteiger partial charge in [0.1, 0.15) is 0 Å². The zero-order valence-corrected chi connectivity index (χ0v) is 7.69. The van der Waals surface area contributed by atoms with E-state index in [0.717, 1.165) is 0 Å². The molecule has 5 heteroatoms. The molecule has 0 fully saturated rings. The third-order valence-electron chi connectivity index (χ3n) is 1.27. The molecule has 3 nitrogen and oxygen atoms in total. The van der Waals surface area contributed by atoms with Crippen LogP contribution in [0.25, 0.3) is 0 Å². The minimum Gasteiger partial charge on any atom is -0.211 e. The second-order valence-corrected chi connectivity index (χ2v) is 4.34. The normalized spacial score (nSPS) is 11.5. The molecule has 65 valence electrons. The van der Waals surface area contributed by atoms with Gasteiger partial charge in [0.05, 0.1) is 5.75 Å². The monoisotopic (exact) mass is 204 g/mol. The van der Waals surface area contributed by atoms with E-state index in [0.29, 0.717) is 10.6 Å². The van der Waals surface area contributed by atoms with E-state index in [1.807, 2.05) is 0 Å². The van der Waals surface area contributed by atoms with E-state index in [9.17, 15) is 8.42 Å². The number of sulfonamides is 1. The first-order chi connectivity index (χ1) is 5.47. The number of hydrogen-bond donors (Lipinski definition) is 0. The van der Waals surface area contributed by atoms with Gasteiger partial charge in [-0.15, -0.1) is 5.14 Å². The van der Waals surface area contributed by atoms with E-state index in [1.54, 1.807) is 24.3 Å². The molecule has 0 unspecified atom stereocenters. The van der Waals surface area contributed by atoms with Crippen LogP contribution in [0.2, 0.25) is 5.02 Å². The van der Waals surface area contributed by atoms with Crippen LogP contribution in [0.3, 0.4) is 0 Å². The highest BCUT2D eigenvalue weighted by Crippen LogP contribution is 2.10. The number of nitrogens with one attached hydrogen (secondary N) is 1. The molecule has 1 rings (SSSR count). The molecule has 0 spiro atoms. The average Bonchev–Trinajstić information content (AvgIpc) is 1.91. The topological polar surface area (TPSA) is 57.9 Å². The third-order valence-corrected chi connectivity index (χ3v) is 2.24. The number of rotatable bonds is 2. The lowest BCUT2D eigenvalue weighted by atomic mass is 10.2. The maximum atomic E-state index is 10.5. The summed E-state index contributed by atoms with van der Waals surface area (Å²) in [6.45, 7) is 0. The van der Waals surface area contributed by atoms with Crippen LogP contribution in [0.4, 0.5) is 0 Å². The van der Waals surface area contributed by atoms with Crippen LogP contribution < -0.4 is 5.14 Å². The molecule has 0 aliphatic carbocycles. The first-order valence-corrected chi connectivity index (χ1v) is 5.22. The lowest BCUT2D eigenvalue weighted by Gasteiger charge is -1.97. The molecule has 1 aromatic rings. The quantitative estimate of drug-likeness (QED) is 0.732. The minimum atomic E-state index is -3.68. The predicted octanol–water partition coefficient (Wildman–Crippen LogP) is 1.45. The van der Waals surface area contributed by atoms with Crippen molar-refractivity contribution in [3.05, 3.63) is 34.9 Å². The van der Waals surface area contributed by atoms with Gasteiger partial charge in [-0.3, -0.25) is 0 Å². The van der Waals surface area contributed by atoms with Crippen molar-refractivity contribution in [1.29, 1.82) is 0 Å². The largest absolute Gasteiger partial charge is 0.229 e. The van der Waals surface area contributed by atoms with Crippen LogP contribution in [0, 0.1) is 0 Å². The van der Waals surface area contributed by atoms with Crippen molar-refractivity contribution in [2.45, 2.75) is 5.75 Å². The third kappa shape index (κ3) is 3.21. The highest BCUT2D eigenvalue weighted by Gasteiger charge is 2.04. The van der Waals surface area contributed by atoms with Gasteiger partial charge >= 0.3 is 0 Å². The zero-order valence-electron chi connectivity index (χ0n) is 6.12. The molecule has 0 saturated carbocycles. The summed E-state index contributed by atoms with van der Waals surface area (Å²) >= 11 is 5.59. The van der Waals surface area contributed by atoms with Crippen molar-refractivity contribution in [2.75, 3.05) is 0 Å². The molecule has 1 aromatic carbocycles. The first kappa shape index (κ1) is 9.51. The zero-order chi connectivity index (χ0) is 9.19. The van der Waals surface area contributed by atoms with Gasteiger partial charge in [-0.05, 0) is 17.7 Å². The van der Waals surface area contributed by atoms with E-state index >= 15 is 0 Å². The maximum absolute atomic E-state index is 10.5. The fourth-order valence-electron chi connectivity index (χ4n) is 0.800. The van der Waals surface area contributed by atoms with Crippen LogP contribution in [0.5, 0.6) is 0 Å². The van der Waals surface area contributed by atoms with Crippen molar-refractivity contribution in [3.8, 4) is 0 Å². The summed E-state index contributed by atoms with van der Waals surface area (Å²) in [5.41, 5.74) is 0.578. The molecule has 12 heavy (non-hydrogen) atoms. The van der Waals surface area contributed by atoms with Gasteiger partial charge in [0.2, 0.25) is 10.0 Å². The molecule has 0 bridgehead atoms. The summed E-state index contributed by atoms with van der Waals surface area (Å²) in [6, 6.07) is 6.38. The maximum Gasteiger partial charge on any atom is 0.229 e. The Morgan fingerprint density at radius 2 is 1.75 bits per heavy atom. The van der Waals surface area contributed by atoms with Crippen molar-refractivity contribution >= 4 is 21.6 Å². The Labute approximate surface area is 76.2 Å². The lowest BCUT2D eigenvalue weighted by molar-refractivity contribution is 0.595. The SMILES string of the molecule is [NH]S(=O)(=O)Cc1ccc(Cl)cc1. The van der Waals surface area contributed by atoms with E-state index in [1.165, 1.54) is 0 Å². The van der Waals surface area contributed by atoms with Crippen molar-refractivity contribution in [3.63, 3.8) is 0 Å². The minimum absolute atomic E-state index is 0.260. The molecule has 0 heterocycles. The molecule has 0 amide bonds. The highest BCUT2D eigenvalue weighted by atomic mass is 35.5. The Morgan fingerprint density at radius 1 is 1.25 bits per heavy atom. The van der Waals surface area contributed by atoms with Crippen LogP contribution in [0.15, 0.2) is 24.3 Å².